The van der Waals surface area contributed by atoms with Crippen LogP contribution in [-0.4, -0.2) is 0 Å². The molecule has 0 N–H and O–H groups in total. The Kier molecular flexibility index (Phi) is 8.59. The largest absolute Gasteiger partial charge is 0.0654 e. The van der Waals surface area contributed by atoms with Crippen molar-refractivity contribution in [2.75, 3.05) is 0 Å². The minimum absolute atomic E-state index is 0.898. The number of hydrogen-bond acceptors (Lipinski definition) is 0. The third-order valence-corrected chi connectivity index (χ3v) is 2.76. The molecular weight excluding hydrogens is 156 g/mol. The van der Waals surface area contributed by atoms with Crippen molar-refractivity contribution in [3.8, 4) is 0 Å². The molecule has 1 rings (SSSR count). The van der Waals surface area contributed by atoms with E-state index < -0.39 is 0 Å². The molecule has 0 aromatic carbocycles. The molecule has 0 unspecified atom stereocenters. The predicted octanol–water partition coefficient (Wildman–Crippen LogP) is 5.03. The molecule has 0 atom stereocenters. The lowest BCUT2D eigenvalue weighted by molar-refractivity contribution is 0.385. The van der Waals surface area contributed by atoms with Crippen LogP contribution in [0.3, 0.4) is 0 Å². The Morgan fingerprint density at radius 3 is 1.77 bits per heavy atom. The van der Waals surface area contributed by atoms with Gasteiger partial charge in [-0.3, -0.25) is 0 Å². The fraction of sp³-hybridized carbons (Fsp3) is 1.00. The van der Waals surface area contributed by atoms with E-state index in [1.165, 1.54) is 44.9 Å². The minimum Gasteiger partial charge on any atom is -0.0654 e. The first-order chi connectivity index (χ1) is 6.16. The molecule has 0 aromatic heterocycles. The van der Waals surface area contributed by atoms with Gasteiger partial charge in [-0.25, -0.2) is 0 Å². The van der Waals surface area contributed by atoms with E-state index in [0.29, 0.717) is 0 Å². The van der Waals surface area contributed by atoms with Crippen LogP contribution in [0.5, 0.6) is 0 Å². The molecule has 1 aliphatic rings. The second-order valence-electron chi connectivity index (χ2n) is 4.93. The summed E-state index contributed by atoms with van der Waals surface area (Å²) in [5.41, 5.74) is 0. The molecule has 1 aliphatic carbocycles. The van der Waals surface area contributed by atoms with Crippen molar-refractivity contribution >= 4 is 0 Å². The Bertz CT molecular complexity index is 88.2. The smallest absolute Gasteiger partial charge is 0.0443 e. The molecule has 1 fully saturated rings. The lowest BCUT2D eigenvalue weighted by Gasteiger charge is -2.15. The van der Waals surface area contributed by atoms with Gasteiger partial charge in [0.05, 0.1) is 0 Å². The highest BCUT2D eigenvalue weighted by Gasteiger charge is 2.05. The Hall–Kier alpha value is 0. The van der Waals surface area contributed by atoms with Gasteiger partial charge in [0.15, 0.2) is 0 Å². The van der Waals surface area contributed by atoms with Gasteiger partial charge in [0.25, 0.3) is 0 Å². The standard InChI is InChI=1S/C7H14.C6H14/c1-7-5-3-2-4-6-7;1-4-5-6(2)3/h7H,2-6H2,1H3;6H,4-5H2,1-3H3. The Morgan fingerprint density at radius 2 is 1.62 bits per heavy atom. The predicted molar refractivity (Wildman–Crippen MR) is 62.0 cm³/mol. The Morgan fingerprint density at radius 1 is 1.08 bits per heavy atom. The van der Waals surface area contributed by atoms with E-state index in [4.69, 9.17) is 0 Å². The molecule has 1 saturated carbocycles. The third kappa shape index (κ3) is 9.92. The zero-order chi connectivity index (χ0) is 10.1. The van der Waals surface area contributed by atoms with E-state index in [9.17, 15) is 0 Å². The Balaban J connectivity index is 0.000000226. The van der Waals surface area contributed by atoms with Gasteiger partial charge in [-0.1, -0.05) is 72.6 Å². The van der Waals surface area contributed by atoms with E-state index in [0.717, 1.165) is 11.8 Å². The third-order valence-electron chi connectivity index (χ3n) is 2.76. The molecule has 0 radical (unpaired) electrons. The monoisotopic (exact) mass is 184 g/mol. The van der Waals surface area contributed by atoms with Crippen molar-refractivity contribution < 1.29 is 0 Å². The molecule has 0 aliphatic heterocycles. The fourth-order valence-corrected chi connectivity index (χ4v) is 1.88. The Labute approximate surface area is 85.1 Å². The fourth-order valence-electron chi connectivity index (χ4n) is 1.88. The van der Waals surface area contributed by atoms with Gasteiger partial charge in [0, 0.05) is 0 Å². The lowest BCUT2D eigenvalue weighted by atomic mass is 9.91. The second-order valence-corrected chi connectivity index (χ2v) is 4.93. The van der Waals surface area contributed by atoms with E-state index in [2.05, 4.69) is 27.7 Å². The van der Waals surface area contributed by atoms with Gasteiger partial charge in [-0.05, 0) is 11.8 Å². The van der Waals surface area contributed by atoms with Crippen LogP contribution in [-0.2, 0) is 0 Å². The average molecular weight is 184 g/mol. The number of rotatable bonds is 2. The summed E-state index contributed by atoms with van der Waals surface area (Å²) in [5.74, 6) is 1.93. The van der Waals surface area contributed by atoms with E-state index in [-0.39, 0.29) is 0 Å². The molecule has 13 heavy (non-hydrogen) atoms. The molecule has 0 aromatic rings. The quantitative estimate of drug-likeness (QED) is 0.564. The van der Waals surface area contributed by atoms with E-state index in [1.54, 1.807) is 0 Å². The highest BCUT2D eigenvalue weighted by Crippen LogP contribution is 2.22. The summed E-state index contributed by atoms with van der Waals surface area (Å²) in [6, 6.07) is 0. The maximum Gasteiger partial charge on any atom is -0.0443 e. The SMILES string of the molecule is CC1CCCCC1.CCCC(C)C. The normalized spacial score (nSPS) is 18.2. The van der Waals surface area contributed by atoms with Crippen LogP contribution in [0, 0.1) is 11.8 Å². The van der Waals surface area contributed by atoms with Crippen LogP contribution in [0.4, 0.5) is 0 Å². The molecule has 0 heteroatoms. The molecule has 0 bridgehead atoms. The van der Waals surface area contributed by atoms with Gasteiger partial charge >= 0.3 is 0 Å². The summed E-state index contributed by atoms with van der Waals surface area (Å²) in [7, 11) is 0. The van der Waals surface area contributed by atoms with Crippen LogP contribution in [0.2, 0.25) is 0 Å². The van der Waals surface area contributed by atoms with Crippen molar-refractivity contribution in [3.63, 3.8) is 0 Å². The van der Waals surface area contributed by atoms with Gasteiger partial charge in [-0.2, -0.15) is 0 Å². The summed E-state index contributed by atoms with van der Waals surface area (Å²) in [4.78, 5) is 0. The van der Waals surface area contributed by atoms with Crippen molar-refractivity contribution in [2.24, 2.45) is 11.8 Å². The molecule has 0 amide bonds. The molecular formula is C13H28. The highest BCUT2D eigenvalue weighted by atomic mass is 14.1. The van der Waals surface area contributed by atoms with E-state index >= 15 is 0 Å². The first-order valence-corrected chi connectivity index (χ1v) is 6.16. The van der Waals surface area contributed by atoms with Crippen LogP contribution in [0.15, 0.2) is 0 Å². The van der Waals surface area contributed by atoms with Crippen molar-refractivity contribution in [1.82, 2.24) is 0 Å². The van der Waals surface area contributed by atoms with Gasteiger partial charge < -0.3 is 0 Å². The molecule has 0 saturated heterocycles. The molecule has 0 heterocycles. The van der Waals surface area contributed by atoms with Crippen molar-refractivity contribution in [3.05, 3.63) is 0 Å². The first-order valence-electron chi connectivity index (χ1n) is 6.16. The minimum atomic E-state index is 0.898. The van der Waals surface area contributed by atoms with Gasteiger partial charge in [0.2, 0.25) is 0 Å². The van der Waals surface area contributed by atoms with Crippen LogP contribution < -0.4 is 0 Å². The average Bonchev–Trinajstić information content (AvgIpc) is 2.06. The zero-order valence-corrected chi connectivity index (χ0v) is 10.1. The summed E-state index contributed by atoms with van der Waals surface area (Å²) in [6.07, 6.45) is 10.1. The molecule has 0 spiro atoms. The topological polar surface area (TPSA) is 0 Å². The maximum absolute atomic E-state index is 2.36. The maximum atomic E-state index is 2.36. The molecule has 80 valence electrons. The van der Waals surface area contributed by atoms with Crippen LogP contribution in [0.1, 0.15) is 72.6 Å². The number of hydrogen-bond donors (Lipinski definition) is 0. The summed E-state index contributed by atoms with van der Waals surface area (Å²) in [5, 5.41) is 0. The van der Waals surface area contributed by atoms with Gasteiger partial charge in [0.1, 0.15) is 0 Å². The molecule has 0 nitrogen and oxygen atoms in total. The summed E-state index contributed by atoms with van der Waals surface area (Å²) < 4.78 is 0. The van der Waals surface area contributed by atoms with Gasteiger partial charge in [-0.15, -0.1) is 0 Å². The summed E-state index contributed by atoms with van der Waals surface area (Å²) >= 11 is 0. The van der Waals surface area contributed by atoms with Crippen molar-refractivity contribution in [2.45, 2.75) is 72.6 Å². The van der Waals surface area contributed by atoms with Crippen molar-refractivity contribution in [1.29, 1.82) is 0 Å². The second kappa shape index (κ2) is 8.59. The van der Waals surface area contributed by atoms with Crippen LogP contribution >= 0.6 is 0 Å². The van der Waals surface area contributed by atoms with E-state index in [1.807, 2.05) is 0 Å². The first kappa shape index (κ1) is 13.0. The highest BCUT2D eigenvalue weighted by molar-refractivity contribution is 4.59. The lowest BCUT2D eigenvalue weighted by Crippen LogP contribution is -1.99. The van der Waals surface area contributed by atoms with Crippen LogP contribution in [0.25, 0.3) is 0 Å². The zero-order valence-electron chi connectivity index (χ0n) is 10.1. The summed E-state index contributed by atoms with van der Waals surface area (Å²) in [6.45, 7) is 9.09.